The van der Waals surface area contributed by atoms with Crippen LogP contribution in [0.4, 0.5) is 17.1 Å². The third-order valence-electron chi connectivity index (χ3n) is 9.38. The molecule has 2 aromatic rings. The number of β-amino-alcohol motifs (C(OH)–C–C–N with tert-alkyl or cyclic N) is 1. The zero-order valence-electron chi connectivity index (χ0n) is 25.1. The third kappa shape index (κ3) is 4.80. The normalized spacial score (nSPS) is 29.4. The van der Waals surface area contributed by atoms with Crippen LogP contribution in [0.5, 0.6) is 5.75 Å². The van der Waals surface area contributed by atoms with Crippen molar-refractivity contribution < 1.29 is 29.0 Å². The van der Waals surface area contributed by atoms with Crippen LogP contribution in [0.1, 0.15) is 41.0 Å². The summed E-state index contributed by atoms with van der Waals surface area (Å²) in [6.07, 6.45) is 0.452. The van der Waals surface area contributed by atoms with Gasteiger partial charge in [0.25, 0.3) is 0 Å². The standard InChI is InChI=1S/C32H42N4O6/c1-6-35(7-2)23-13-9-21(10-14-23)34-29(39)27-32-19-20(4)31(5,42-32)25(26(32)30(40)36(27)17-18-37)28(38)33-22-11-15-24(16-12-22)41-8-3/h9-16,20,25-27,37H,6-8,17-19H2,1-5H3,(H,33,38)(H,34,39)/t20?,25-,26-,27?,31+,32?/m0/s1. The molecule has 2 bridgehead atoms. The number of carbonyl (C=O) groups is 3. The zero-order chi connectivity index (χ0) is 30.2. The molecule has 3 fully saturated rings. The second-order valence-corrected chi connectivity index (χ2v) is 11.6. The molecule has 10 heteroatoms. The molecule has 0 radical (unpaired) electrons. The number of nitrogens with one attached hydrogen (secondary N) is 2. The van der Waals surface area contributed by atoms with Crippen molar-refractivity contribution in [3.05, 3.63) is 48.5 Å². The molecule has 10 nitrogen and oxygen atoms in total. The molecular formula is C32H42N4O6. The molecule has 3 saturated heterocycles. The predicted molar refractivity (Wildman–Crippen MR) is 160 cm³/mol. The highest BCUT2D eigenvalue weighted by atomic mass is 16.5. The van der Waals surface area contributed by atoms with Gasteiger partial charge in [-0.2, -0.15) is 0 Å². The molecule has 0 aliphatic carbocycles. The zero-order valence-corrected chi connectivity index (χ0v) is 25.1. The van der Waals surface area contributed by atoms with Crippen molar-refractivity contribution in [3.8, 4) is 5.75 Å². The number of benzene rings is 2. The first kappa shape index (κ1) is 29.8. The average Bonchev–Trinajstić information content (AvgIpc) is 3.48. The van der Waals surface area contributed by atoms with Gasteiger partial charge >= 0.3 is 0 Å². The third-order valence-corrected chi connectivity index (χ3v) is 9.38. The van der Waals surface area contributed by atoms with Crippen molar-refractivity contribution in [1.82, 2.24) is 4.90 Å². The van der Waals surface area contributed by atoms with Crippen molar-refractivity contribution >= 4 is 34.8 Å². The molecule has 3 N–H and O–H groups in total. The number of nitrogens with zero attached hydrogens (tertiary/aromatic N) is 2. The Morgan fingerprint density at radius 3 is 2.19 bits per heavy atom. The molecule has 0 aromatic heterocycles. The molecule has 3 heterocycles. The summed E-state index contributed by atoms with van der Waals surface area (Å²) in [5.74, 6) is -2.12. The van der Waals surface area contributed by atoms with E-state index in [2.05, 4.69) is 29.4 Å². The maximum absolute atomic E-state index is 14.0. The highest BCUT2D eigenvalue weighted by Crippen LogP contribution is 2.65. The van der Waals surface area contributed by atoms with E-state index in [0.29, 0.717) is 30.2 Å². The molecule has 3 aliphatic heterocycles. The molecule has 1 spiro atoms. The van der Waals surface area contributed by atoms with E-state index >= 15 is 0 Å². The first-order valence-electron chi connectivity index (χ1n) is 14.9. The van der Waals surface area contributed by atoms with Gasteiger partial charge in [0.1, 0.15) is 17.4 Å². The summed E-state index contributed by atoms with van der Waals surface area (Å²) < 4.78 is 12.2. The van der Waals surface area contributed by atoms with Gasteiger partial charge in [0, 0.05) is 36.7 Å². The Kier molecular flexibility index (Phi) is 8.22. The lowest BCUT2D eigenvalue weighted by molar-refractivity contribution is -0.144. The molecule has 0 saturated carbocycles. The van der Waals surface area contributed by atoms with Gasteiger partial charge in [0.2, 0.25) is 17.7 Å². The molecule has 226 valence electrons. The van der Waals surface area contributed by atoms with Crippen molar-refractivity contribution in [2.24, 2.45) is 17.8 Å². The summed E-state index contributed by atoms with van der Waals surface area (Å²) in [6, 6.07) is 13.7. The minimum Gasteiger partial charge on any atom is -0.494 e. The second-order valence-electron chi connectivity index (χ2n) is 11.6. The first-order chi connectivity index (χ1) is 20.1. The SMILES string of the molecule is CCOc1ccc(NC(=O)[C@@H]2[C@H]3C(=O)N(CCO)C(C(=O)Nc4ccc(N(CC)CC)cc4)C34CC(C)[C@@]2(C)O4)cc1. The maximum Gasteiger partial charge on any atom is 0.250 e. The van der Waals surface area contributed by atoms with Crippen molar-refractivity contribution in [3.63, 3.8) is 0 Å². The number of amides is 3. The summed E-state index contributed by atoms with van der Waals surface area (Å²) in [5, 5.41) is 15.8. The van der Waals surface area contributed by atoms with Gasteiger partial charge in [-0.25, -0.2) is 0 Å². The maximum atomic E-state index is 14.0. The number of ether oxygens (including phenoxy) is 2. The van der Waals surface area contributed by atoms with Gasteiger partial charge in [-0.3, -0.25) is 14.4 Å². The topological polar surface area (TPSA) is 120 Å². The Bertz CT molecular complexity index is 1310. The number of hydrogen-bond acceptors (Lipinski definition) is 7. The highest BCUT2D eigenvalue weighted by molar-refractivity contribution is 6.05. The minimum absolute atomic E-state index is 0.0300. The monoisotopic (exact) mass is 578 g/mol. The van der Waals surface area contributed by atoms with Crippen LogP contribution in [0, 0.1) is 17.8 Å². The molecule has 42 heavy (non-hydrogen) atoms. The summed E-state index contributed by atoms with van der Waals surface area (Å²) in [7, 11) is 0. The van der Waals surface area contributed by atoms with E-state index in [-0.39, 0.29) is 36.8 Å². The molecule has 3 amide bonds. The van der Waals surface area contributed by atoms with Gasteiger partial charge in [-0.05, 0) is 88.6 Å². The Hall–Kier alpha value is -3.63. The predicted octanol–water partition coefficient (Wildman–Crippen LogP) is 3.51. The van der Waals surface area contributed by atoms with Gasteiger partial charge in [0.15, 0.2) is 0 Å². The van der Waals surface area contributed by atoms with Crippen LogP contribution in [-0.4, -0.2) is 77.8 Å². The van der Waals surface area contributed by atoms with Gasteiger partial charge in [-0.1, -0.05) is 6.92 Å². The van der Waals surface area contributed by atoms with Crippen LogP contribution in [-0.2, 0) is 19.1 Å². The highest BCUT2D eigenvalue weighted by Gasteiger charge is 2.79. The van der Waals surface area contributed by atoms with Crippen molar-refractivity contribution in [2.45, 2.75) is 58.3 Å². The first-order valence-corrected chi connectivity index (χ1v) is 14.9. The summed E-state index contributed by atoms with van der Waals surface area (Å²) in [5.41, 5.74) is 0.105. The number of aliphatic hydroxyl groups excluding tert-OH is 1. The van der Waals surface area contributed by atoms with Crippen LogP contribution in [0.25, 0.3) is 0 Å². The summed E-state index contributed by atoms with van der Waals surface area (Å²) >= 11 is 0. The van der Waals surface area contributed by atoms with E-state index in [1.165, 1.54) is 4.90 Å². The molecule has 3 unspecified atom stereocenters. The van der Waals surface area contributed by atoms with Crippen LogP contribution < -0.4 is 20.3 Å². The largest absolute Gasteiger partial charge is 0.494 e. The number of carbonyl (C=O) groups excluding carboxylic acids is 3. The lowest BCUT2D eigenvalue weighted by atomic mass is 9.62. The van der Waals surface area contributed by atoms with Crippen molar-refractivity contribution in [2.75, 3.05) is 48.4 Å². The minimum atomic E-state index is -1.19. The molecule has 6 atom stereocenters. The number of anilines is 3. The van der Waals surface area contributed by atoms with Crippen LogP contribution in [0.2, 0.25) is 0 Å². The average molecular weight is 579 g/mol. The number of fused-ring (bicyclic) bond motifs is 1. The fraction of sp³-hybridized carbons (Fsp3) is 0.531. The summed E-state index contributed by atoms with van der Waals surface area (Å²) in [6.45, 7) is 11.9. The fourth-order valence-electron chi connectivity index (χ4n) is 7.36. The van der Waals surface area contributed by atoms with Crippen LogP contribution in [0.3, 0.4) is 0 Å². The number of hydrogen-bond donors (Lipinski definition) is 3. The van der Waals surface area contributed by atoms with E-state index in [1.54, 1.807) is 24.3 Å². The van der Waals surface area contributed by atoms with E-state index in [4.69, 9.17) is 9.47 Å². The smallest absolute Gasteiger partial charge is 0.250 e. The molecular weight excluding hydrogens is 536 g/mol. The fourth-order valence-corrected chi connectivity index (χ4v) is 7.36. The van der Waals surface area contributed by atoms with Gasteiger partial charge in [0.05, 0.1) is 30.7 Å². The molecule has 5 rings (SSSR count). The van der Waals surface area contributed by atoms with Gasteiger partial charge in [-0.15, -0.1) is 0 Å². The van der Waals surface area contributed by atoms with E-state index in [9.17, 15) is 19.5 Å². The lowest BCUT2D eigenvalue weighted by Gasteiger charge is -2.36. The Morgan fingerprint density at radius 1 is 1.02 bits per heavy atom. The van der Waals surface area contributed by atoms with Gasteiger partial charge < -0.3 is 35.0 Å². The number of rotatable bonds is 11. The number of likely N-dealkylation sites (tertiary alicyclic amines) is 1. The quantitative estimate of drug-likeness (QED) is 0.373. The molecule has 3 aliphatic rings. The van der Waals surface area contributed by atoms with E-state index in [0.717, 1.165) is 18.8 Å². The Morgan fingerprint density at radius 2 is 1.62 bits per heavy atom. The Balaban J connectivity index is 1.43. The number of aliphatic hydroxyl groups is 1. The van der Waals surface area contributed by atoms with E-state index in [1.807, 2.05) is 45.0 Å². The summed E-state index contributed by atoms with van der Waals surface area (Å²) in [4.78, 5) is 45.5. The van der Waals surface area contributed by atoms with Crippen molar-refractivity contribution in [1.29, 1.82) is 0 Å². The molecule has 2 aromatic carbocycles. The Labute approximate surface area is 247 Å². The van der Waals surface area contributed by atoms with Crippen LogP contribution >= 0.6 is 0 Å². The second kappa shape index (κ2) is 11.6. The lowest BCUT2D eigenvalue weighted by Crippen LogP contribution is -2.54. The van der Waals surface area contributed by atoms with Crippen LogP contribution in [0.15, 0.2) is 48.5 Å². The van der Waals surface area contributed by atoms with E-state index < -0.39 is 29.1 Å².